The van der Waals surface area contributed by atoms with E-state index >= 15 is 0 Å². The zero-order valence-corrected chi connectivity index (χ0v) is 14.4. The highest BCUT2D eigenvalue weighted by Gasteiger charge is 2.16. The maximum Gasteiger partial charge on any atom is 0.277 e. The molecule has 3 aromatic rings. The number of amides is 1. The zero-order valence-electron chi connectivity index (χ0n) is 12.1. The van der Waals surface area contributed by atoms with Crippen LogP contribution in [0.4, 0.5) is 5.95 Å². The number of nitrogens with zero attached hydrogens (tertiary/aromatic N) is 5. The molecular formula is C14H12BrClN6O. The third-order valence-electron chi connectivity index (χ3n) is 3.13. The molecule has 0 unspecified atom stereocenters. The van der Waals surface area contributed by atoms with Crippen LogP contribution in [0.2, 0.25) is 5.02 Å². The fourth-order valence-corrected chi connectivity index (χ4v) is 2.69. The zero-order chi connectivity index (χ0) is 16.4. The minimum Gasteiger partial charge on any atom is -0.288 e. The molecule has 7 nitrogen and oxygen atoms in total. The molecule has 0 saturated carbocycles. The Morgan fingerprint density at radius 2 is 2.09 bits per heavy atom. The van der Waals surface area contributed by atoms with Crippen LogP contribution < -0.4 is 5.32 Å². The highest BCUT2D eigenvalue weighted by atomic mass is 79.9. The topological polar surface area (TPSA) is 77.6 Å². The number of aryl methyl sites for hydroxylation is 1. The van der Waals surface area contributed by atoms with Crippen LogP contribution in [0.3, 0.4) is 0 Å². The van der Waals surface area contributed by atoms with Gasteiger partial charge in [-0.2, -0.15) is 5.10 Å². The quantitative estimate of drug-likeness (QED) is 0.737. The first-order valence-electron chi connectivity index (χ1n) is 6.65. The van der Waals surface area contributed by atoms with Gasteiger partial charge in [-0.1, -0.05) is 23.7 Å². The van der Waals surface area contributed by atoms with Gasteiger partial charge in [0.15, 0.2) is 0 Å². The average Bonchev–Trinajstić information content (AvgIpc) is 3.08. The number of nitrogens with one attached hydrogen (secondary N) is 1. The number of carbonyl (C=O) groups is 1. The molecule has 0 spiro atoms. The van der Waals surface area contributed by atoms with Gasteiger partial charge >= 0.3 is 0 Å². The third-order valence-corrected chi connectivity index (χ3v) is 3.96. The Kier molecular flexibility index (Phi) is 4.44. The van der Waals surface area contributed by atoms with Gasteiger partial charge in [0.1, 0.15) is 12.0 Å². The Morgan fingerprint density at radius 1 is 1.35 bits per heavy atom. The van der Waals surface area contributed by atoms with E-state index in [1.165, 1.54) is 4.68 Å². The van der Waals surface area contributed by atoms with Crippen LogP contribution in [-0.4, -0.2) is 30.5 Å². The number of halogens is 2. The molecule has 0 aliphatic rings. The van der Waals surface area contributed by atoms with E-state index in [1.54, 1.807) is 24.3 Å². The van der Waals surface area contributed by atoms with E-state index in [2.05, 4.69) is 36.4 Å². The number of carbonyl (C=O) groups excluding carboxylic acids is 1. The number of anilines is 1. The Hall–Kier alpha value is -2.19. The van der Waals surface area contributed by atoms with Crippen LogP contribution in [0, 0.1) is 0 Å². The molecule has 0 radical (unpaired) electrons. The van der Waals surface area contributed by atoms with E-state index in [-0.39, 0.29) is 11.9 Å². The lowest BCUT2D eigenvalue weighted by atomic mass is 10.2. The molecule has 1 aromatic carbocycles. The summed E-state index contributed by atoms with van der Waals surface area (Å²) in [6, 6.07) is 7.46. The number of hydrogen-bond acceptors (Lipinski definition) is 4. The van der Waals surface area contributed by atoms with Crippen LogP contribution >= 0.6 is 27.5 Å². The fourth-order valence-electron chi connectivity index (χ4n) is 2.03. The highest BCUT2D eigenvalue weighted by Crippen LogP contribution is 2.16. The molecule has 9 heteroatoms. The summed E-state index contributed by atoms with van der Waals surface area (Å²) in [5, 5.41) is 11.6. The summed E-state index contributed by atoms with van der Waals surface area (Å²) in [6.45, 7) is 0.537. The van der Waals surface area contributed by atoms with Crippen molar-refractivity contribution in [3.63, 3.8) is 0 Å². The van der Waals surface area contributed by atoms with E-state index in [4.69, 9.17) is 11.6 Å². The maximum absolute atomic E-state index is 12.2. The molecule has 0 saturated heterocycles. The summed E-state index contributed by atoms with van der Waals surface area (Å²) >= 11 is 9.14. The monoisotopic (exact) mass is 394 g/mol. The molecule has 1 N–H and O–H groups in total. The van der Waals surface area contributed by atoms with Gasteiger partial charge in [-0.25, -0.2) is 9.67 Å². The third kappa shape index (κ3) is 3.59. The van der Waals surface area contributed by atoms with Crippen LogP contribution in [-0.2, 0) is 13.6 Å². The first-order valence-corrected chi connectivity index (χ1v) is 7.83. The van der Waals surface area contributed by atoms with E-state index in [0.717, 1.165) is 5.56 Å². The van der Waals surface area contributed by atoms with E-state index < -0.39 is 0 Å². The second kappa shape index (κ2) is 6.51. The molecule has 0 fully saturated rings. The minimum atomic E-state index is -0.332. The van der Waals surface area contributed by atoms with Crippen LogP contribution in [0.25, 0.3) is 0 Å². The second-order valence-electron chi connectivity index (χ2n) is 4.81. The second-order valence-corrected chi connectivity index (χ2v) is 6.10. The smallest absolute Gasteiger partial charge is 0.277 e. The first-order chi connectivity index (χ1) is 11.0. The van der Waals surface area contributed by atoms with Crippen molar-refractivity contribution in [2.75, 3.05) is 5.32 Å². The van der Waals surface area contributed by atoms with Gasteiger partial charge in [-0.05, 0) is 33.6 Å². The van der Waals surface area contributed by atoms with Crippen LogP contribution in [0.5, 0.6) is 0 Å². The lowest BCUT2D eigenvalue weighted by Gasteiger charge is -2.03. The van der Waals surface area contributed by atoms with Gasteiger partial charge in [0, 0.05) is 12.1 Å². The molecule has 1 amide bonds. The predicted octanol–water partition coefficient (Wildman–Crippen LogP) is 2.73. The van der Waals surface area contributed by atoms with Crippen molar-refractivity contribution in [2.45, 2.75) is 6.54 Å². The SMILES string of the molecule is Cn1ncc(Br)c1C(=O)Nc1ncn(Cc2ccc(Cl)cc2)n1. The van der Waals surface area contributed by atoms with E-state index in [1.807, 2.05) is 24.3 Å². The standard InChI is InChI=1S/C14H12BrClN6O/c1-21-12(11(15)6-18-21)13(23)19-14-17-8-22(20-14)7-9-2-4-10(16)5-3-9/h2-6,8H,7H2,1H3,(H,19,20,23). The van der Waals surface area contributed by atoms with Gasteiger partial charge in [0.25, 0.3) is 5.91 Å². The summed E-state index contributed by atoms with van der Waals surface area (Å²) in [6.07, 6.45) is 3.12. The van der Waals surface area contributed by atoms with Gasteiger partial charge in [0.05, 0.1) is 17.2 Å². The molecule has 0 aliphatic carbocycles. The van der Waals surface area contributed by atoms with Gasteiger partial charge in [-0.15, -0.1) is 5.10 Å². The lowest BCUT2D eigenvalue weighted by molar-refractivity contribution is 0.101. The molecule has 118 valence electrons. The van der Waals surface area contributed by atoms with Gasteiger partial charge in [0.2, 0.25) is 5.95 Å². The largest absolute Gasteiger partial charge is 0.288 e. The summed E-state index contributed by atoms with van der Waals surface area (Å²) in [5.41, 5.74) is 1.44. The van der Waals surface area contributed by atoms with Crippen molar-refractivity contribution in [2.24, 2.45) is 7.05 Å². The van der Waals surface area contributed by atoms with Gasteiger partial charge in [-0.3, -0.25) is 14.8 Å². The van der Waals surface area contributed by atoms with Crippen LogP contribution in [0.1, 0.15) is 16.1 Å². The Balaban J connectivity index is 1.70. The molecule has 0 atom stereocenters. The summed E-state index contributed by atoms with van der Waals surface area (Å²) in [5.74, 6) is -0.0989. The molecule has 0 bridgehead atoms. The fraction of sp³-hybridized carbons (Fsp3) is 0.143. The number of aromatic nitrogens is 5. The van der Waals surface area contributed by atoms with Crippen molar-refractivity contribution in [3.05, 3.63) is 57.5 Å². The Labute approximate surface area is 145 Å². The Morgan fingerprint density at radius 3 is 2.74 bits per heavy atom. The molecule has 3 rings (SSSR count). The molecular weight excluding hydrogens is 384 g/mol. The predicted molar refractivity (Wildman–Crippen MR) is 89.4 cm³/mol. The molecule has 2 heterocycles. The number of benzene rings is 1. The highest BCUT2D eigenvalue weighted by molar-refractivity contribution is 9.10. The number of hydrogen-bond donors (Lipinski definition) is 1. The van der Waals surface area contributed by atoms with Crippen molar-refractivity contribution >= 4 is 39.4 Å². The van der Waals surface area contributed by atoms with Crippen molar-refractivity contribution in [3.8, 4) is 0 Å². The van der Waals surface area contributed by atoms with Crippen LogP contribution in [0.15, 0.2) is 41.3 Å². The lowest BCUT2D eigenvalue weighted by Crippen LogP contribution is -2.17. The molecule has 2 aromatic heterocycles. The van der Waals surface area contributed by atoms with E-state index in [9.17, 15) is 4.79 Å². The normalized spacial score (nSPS) is 10.7. The number of rotatable bonds is 4. The average molecular weight is 396 g/mol. The minimum absolute atomic E-state index is 0.233. The molecule has 0 aliphatic heterocycles. The summed E-state index contributed by atoms with van der Waals surface area (Å²) in [4.78, 5) is 16.3. The summed E-state index contributed by atoms with van der Waals surface area (Å²) < 4.78 is 3.72. The first kappa shape index (κ1) is 15.7. The Bertz CT molecular complexity index is 822. The van der Waals surface area contributed by atoms with Crippen molar-refractivity contribution in [1.82, 2.24) is 24.5 Å². The summed E-state index contributed by atoms with van der Waals surface area (Å²) in [7, 11) is 1.69. The maximum atomic E-state index is 12.2. The van der Waals surface area contributed by atoms with E-state index in [0.29, 0.717) is 21.7 Å². The van der Waals surface area contributed by atoms with Crippen molar-refractivity contribution < 1.29 is 4.79 Å². The van der Waals surface area contributed by atoms with Crippen molar-refractivity contribution in [1.29, 1.82) is 0 Å². The molecule has 23 heavy (non-hydrogen) atoms. The van der Waals surface area contributed by atoms with Gasteiger partial charge < -0.3 is 0 Å².